The van der Waals surface area contributed by atoms with Gasteiger partial charge >= 0.3 is 0 Å². The summed E-state index contributed by atoms with van der Waals surface area (Å²) in [7, 11) is 0. The van der Waals surface area contributed by atoms with E-state index in [1.807, 2.05) is 48.5 Å². The molecule has 0 aliphatic heterocycles. The van der Waals surface area contributed by atoms with E-state index in [1.165, 1.54) is 11.1 Å². The van der Waals surface area contributed by atoms with Crippen LogP contribution in [0.15, 0.2) is 109 Å². The lowest BCUT2D eigenvalue weighted by molar-refractivity contribution is 0.103. The van der Waals surface area contributed by atoms with Gasteiger partial charge in [-0.25, -0.2) is 0 Å². The van der Waals surface area contributed by atoms with Gasteiger partial charge in [0.05, 0.1) is 11.4 Å². The topological polar surface area (TPSA) is 105 Å². The average Bonchev–Trinajstić information content (AvgIpc) is 3.03. The van der Waals surface area contributed by atoms with Gasteiger partial charge in [0, 0.05) is 22.3 Å². The lowest BCUT2D eigenvalue weighted by Crippen LogP contribution is -2.07. The zero-order chi connectivity index (χ0) is 29.6. The summed E-state index contributed by atoms with van der Waals surface area (Å²) in [5, 5.41) is 0. The highest BCUT2D eigenvalue weighted by Crippen LogP contribution is 2.31. The molecule has 0 aliphatic carbocycles. The highest BCUT2D eigenvalue weighted by atomic mass is 16.5. The number of ketones is 2. The van der Waals surface area contributed by atoms with Crippen molar-refractivity contribution in [2.75, 3.05) is 11.5 Å². The molecule has 0 saturated heterocycles. The lowest BCUT2D eigenvalue weighted by atomic mass is 9.97. The first-order valence-electron chi connectivity index (χ1n) is 13.9. The maximum Gasteiger partial charge on any atom is 0.193 e. The number of hydrogen-bond acceptors (Lipinski definition) is 6. The fourth-order valence-corrected chi connectivity index (χ4v) is 4.54. The molecule has 0 unspecified atom stereocenters. The third-order valence-corrected chi connectivity index (χ3v) is 7.05. The summed E-state index contributed by atoms with van der Waals surface area (Å²) in [5.74, 6) is 1.73. The van der Waals surface area contributed by atoms with Crippen molar-refractivity contribution in [2.24, 2.45) is 0 Å². The quantitative estimate of drug-likeness (QED) is 0.133. The molecule has 5 aromatic rings. The van der Waals surface area contributed by atoms with Crippen LogP contribution < -0.4 is 20.9 Å². The van der Waals surface area contributed by atoms with Crippen molar-refractivity contribution >= 4 is 22.9 Å². The van der Waals surface area contributed by atoms with Crippen LogP contribution in [0.4, 0.5) is 11.4 Å². The van der Waals surface area contributed by atoms with Crippen LogP contribution >= 0.6 is 0 Å². The molecule has 0 amide bonds. The molecule has 5 aromatic carbocycles. The molecule has 0 spiro atoms. The monoisotopic (exact) mass is 556 g/mol. The molecular weight excluding hydrogens is 524 g/mol. The van der Waals surface area contributed by atoms with Crippen LogP contribution in [-0.4, -0.2) is 11.6 Å². The van der Waals surface area contributed by atoms with Crippen molar-refractivity contribution in [3.05, 3.63) is 143 Å². The van der Waals surface area contributed by atoms with Gasteiger partial charge in [-0.2, -0.15) is 0 Å². The summed E-state index contributed by atoms with van der Waals surface area (Å²) >= 11 is 0. The third kappa shape index (κ3) is 6.34. The Kier molecular flexibility index (Phi) is 8.34. The second-order valence-corrected chi connectivity index (χ2v) is 9.94. The lowest BCUT2D eigenvalue weighted by Gasteiger charge is -2.11. The van der Waals surface area contributed by atoms with Crippen LogP contribution in [0.25, 0.3) is 0 Å². The fourth-order valence-electron chi connectivity index (χ4n) is 4.54. The Morgan fingerprint density at radius 2 is 0.905 bits per heavy atom. The van der Waals surface area contributed by atoms with Crippen molar-refractivity contribution in [1.82, 2.24) is 0 Å². The Morgan fingerprint density at radius 1 is 0.524 bits per heavy atom. The zero-order valence-electron chi connectivity index (χ0n) is 23.6. The zero-order valence-corrected chi connectivity index (χ0v) is 23.6. The van der Waals surface area contributed by atoms with E-state index in [0.29, 0.717) is 56.6 Å². The number of aryl methyl sites for hydroxylation is 2. The molecule has 42 heavy (non-hydrogen) atoms. The third-order valence-electron chi connectivity index (χ3n) is 7.05. The van der Waals surface area contributed by atoms with Gasteiger partial charge in [0.1, 0.15) is 23.0 Å². The number of rotatable bonds is 10. The molecule has 0 fully saturated rings. The Bertz CT molecular complexity index is 1620. The van der Waals surface area contributed by atoms with E-state index in [-0.39, 0.29) is 11.6 Å². The van der Waals surface area contributed by atoms with Gasteiger partial charge in [-0.05, 0) is 90.7 Å². The van der Waals surface area contributed by atoms with Crippen LogP contribution in [0.1, 0.15) is 56.8 Å². The number of carbonyl (C=O) groups is 2. The maximum absolute atomic E-state index is 13.3. The minimum Gasteiger partial charge on any atom is -0.455 e. The molecule has 0 bridgehead atoms. The normalized spacial score (nSPS) is 10.7. The van der Waals surface area contributed by atoms with Gasteiger partial charge in [0.15, 0.2) is 11.6 Å². The van der Waals surface area contributed by atoms with Gasteiger partial charge in [-0.3, -0.25) is 9.59 Å². The van der Waals surface area contributed by atoms with E-state index in [9.17, 15) is 9.59 Å². The van der Waals surface area contributed by atoms with Gasteiger partial charge in [0.2, 0.25) is 0 Å². The molecule has 4 N–H and O–H groups in total. The van der Waals surface area contributed by atoms with Crippen molar-refractivity contribution in [1.29, 1.82) is 0 Å². The van der Waals surface area contributed by atoms with E-state index in [0.717, 1.165) is 12.8 Å². The molecule has 0 heterocycles. The summed E-state index contributed by atoms with van der Waals surface area (Å²) in [5.41, 5.74) is 17.1. The average molecular weight is 557 g/mol. The number of nitrogens with two attached hydrogens (primary N) is 2. The van der Waals surface area contributed by atoms with Crippen molar-refractivity contribution in [2.45, 2.75) is 26.7 Å². The number of nitrogen functional groups attached to an aromatic ring is 2. The molecule has 210 valence electrons. The van der Waals surface area contributed by atoms with Gasteiger partial charge < -0.3 is 20.9 Å². The summed E-state index contributed by atoms with van der Waals surface area (Å²) in [6.07, 6.45) is 1.88. The highest BCUT2D eigenvalue weighted by molar-refractivity contribution is 6.13. The van der Waals surface area contributed by atoms with Crippen LogP contribution in [0.3, 0.4) is 0 Å². The first-order chi connectivity index (χ1) is 20.3. The number of anilines is 2. The first-order valence-corrected chi connectivity index (χ1v) is 13.9. The smallest absolute Gasteiger partial charge is 0.193 e. The van der Waals surface area contributed by atoms with E-state index in [2.05, 4.69) is 13.8 Å². The number of ether oxygens (including phenoxy) is 2. The standard InChI is InChI=1S/C36H32N2O4/c1-3-23-8-14-29(15-9-23)41-33-18-12-27(21-31(33)37)35(39)25-6-5-7-26(20-25)36(40)28-13-19-34(32(38)22-28)42-30-16-10-24(4-2)11-17-30/h5-22H,3-4,37-38H2,1-2H3. The van der Waals surface area contributed by atoms with E-state index < -0.39 is 0 Å². The Balaban J connectivity index is 1.30. The second kappa shape index (κ2) is 12.4. The molecule has 0 aliphatic rings. The van der Waals surface area contributed by atoms with Gasteiger partial charge in [-0.15, -0.1) is 0 Å². The van der Waals surface area contributed by atoms with Crippen LogP contribution in [-0.2, 0) is 12.8 Å². The predicted octanol–water partition coefficient (Wildman–Crippen LogP) is 8.02. The Hall–Kier alpha value is -5.36. The molecule has 5 rings (SSSR count). The predicted molar refractivity (Wildman–Crippen MR) is 167 cm³/mol. The molecule has 0 atom stereocenters. The minimum absolute atomic E-state index is 0.257. The van der Waals surface area contributed by atoms with E-state index in [1.54, 1.807) is 60.7 Å². The van der Waals surface area contributed by atoms with E-state index >= 15 is 0 Å². The van der Waals surface area contributed by atoms with Gasteiger partial charge in [0.25, 0.3) is 0 Å². The Morgan fingerprint density at radius 3 is 1.26 bits per heavy atom. The molecule has 0 aromatic heterocycles. The highest BCUT2D eigenvalue weighted by Gasteiger charge is 2.17. The second-order valence-electron chi connectivity index (χ2n) is 9.94. The number of hydrogen-bond donors (Lipinski definition) is 2. The van der Waals surface area contributed by atoms with Crippen molar-refractivity contribution in [3.63, 3.8) is 0 Å². The van der Waals surface area contributed by atoms with Gasteiger partial charge in [-0.1, -0.05) is 56.3 Å². The molecule has 0 saturated carbocycles. The summed E-state index contributed by atoms with van der Waals surface area (Å²) in [6, 6.07) is 32.0. The first kappa shape index (κ1) is 28.2. The Labute approximate surface area is 245 Å². The molecule has 0 radical (unpaired) electrons. The van der Waals surface area contributed by atoms with Crippen molar-refractivity contribution < 1.29 is 19.1 Å². The number of benzene rings is 5. The van der Waals surface area contributed by atoms with Crippen molar-refractivity contribution in [3.8, 4) is 23.0 Å². The summed E-state index contributed by atoms with van der Waals surface area (Å²) in [4.78, 5) is 26.6. The molecule has 6 heteroatoms. The molecule has 6 nitrogen and oxygen atoms in total. The minimum atomic E-state index is -0.257. The van der Waals surface area contributed by atoms with Crippen LogP contribution in [0.5, 0.6) is 23.0 Å². The largest absolute Gasteiger partial charge is 0.455 e. The maximum atomic E-state index is 13.3. The summed E-state index contributed by atoms with van der Waals surface area (Å²) < 4.78 is 11.8. The van der Waals surface area contributed by atoms with Crippen LogP contribution in [0.2, 0.25) is 0 Å². The van der Waals surface area contributed by atoms with E-state index in [4.69, 9.17) is 20.9 Å². The van der Waals surface area contributed by atoms with Crippen LogP contribution in [0, 0.1) is 0 Å². The summed E-state index contributed by atoms with van der Waals surface area (Å²) in [6.45, 7) is 4.18. The fraction of sp³-hybridized carbons (Fsp3) is 0.111. The SMILES string of the molecule is CCc1ccc(Oc2ccc(C(=O)c3cccc(C(=O)c4ccc(Oc5ccc(CC)cc5)c(N)c4)c3)cc2N)cc1. The number of carbonyl (C=O) groups excluding carboxylic acids is 2. The molecular formula is C36H32N2O4.